The van der Waals surface area contributed by atoms with Gasteiger partial charge in [0.25, 0.3) is 0 Å². The fourth-order valence-corrected chi connectivity index (χ4v) is 2.30. The first-order valence-electron chi connectivity index (χ1n) is 7.15. The summed E-state index contributed by atoms with van der Waals surface area (Å²) in [4.78, 5) is 25.5. The van der Waals surface area contributed by atoms with Crippen molar-refractivity contribution in [1.29, 1.82) is 0 Å². The van der Waals surface area contributed by atoms with E-state index in [1.54, 1.807) is 0 Å². The summed E-state index contributed by atoms with van der Waals surface area (Å²) in [5.74, 6) is 0.168. The third-order valence-electron chi connectivity index (χ3n) is 3.67. The Balaban J connectivity index is 1.88. The molecule has 0 aromatic heterocycles. The van der Waals surface area contributed by atoms with Crippen molar-refractivity contribution in [3.63, 3.8) is 0 Å². The summed E-state index contributed by atoms with van der Waals surface area (Å²) in [6.45, 7) is 2.96. The SMILES string of the molecule is CC1CCCCN(C(=O)OCc2ccccc2)CC1=O. The van der Waals surface area contributed by atoms with Gasteiger partial charge < -0.3 is 9.64 Å². The van der Waals surface area contributed by atoms with Gasteiger partial charge in [0.2, 0.25) is 0 Å². The molecule has 0 radical (unpaired) electrons. The molecule has 1 aliphatic heterocycles. The van der Waals surface area contributed by atoms with Crippen LogP contribution in [-0.4, -0.2) is 29.9 Å². The molecule has 4 heteroatoms. The number of amides is 1. The molecule has 0 N–H and O–H groups in total. The number of rotatable bonds is 2. The number of likely N-dealkylation sites (tertiary alicyclic amines) is 1. The Hall–Kier alpha value is -1.84. The van der Waals surface area contributed by atoms with Crippen LogP contribution in [-0.2, 0) is 16.1 Å². The number of carbonyl (C=O) groups excluding carboxylic acids is 2. The number of ketones is 1. The molecule has 1 atom stereocenters. The summed E-state index contributed by atoms with van der Waals surface area (Å²) in [6.07, 6.45) is 2.44. The third-order valence-corrected chi connectivity index (χ3v) is 3.67. The smallest absolute Gasteiger partial charge is 0.410 e. The van der Waals surface area contributed by atoms with Crippen LogP contribution in [0.25, 0.3) is 0 Å². The standard InChI is InChI=1S/C16H21NO3/c1-13-7-5-6-10-17(11-15(13)18)16(19)20-12-14-8-3-2-4-9-14/h2-4,8-9,13H,5-7,10-12H2,1H3. The summed E-state index contributed by atoms with van der Waals surface area (Å²) in [5.41, 5.74) is 0.951. The average Bonchev–Trinajstić information content (AvgIpc) is 2.46. The summed E-state index contributed by atoms with van der Waals surface area (Å²) >= 11 is 0. The van der Waals surface area contributed by atoms with Crippen molar-refractivity contribution in [1.82, 2.24) is 4.90 Å². The van der Waals surface area contributed by atoms with Crippen molar-refractivity contribution in [2.75, 3.05) is 13.1 Å². The number of carbonyl (C=O) groups is 2. The third kappa shape index (κ3) is 4.08. The highest BCUT2D eigenvalue weighted by atomic mass is 16.6. The molecule has 1 fully saturated rings. The maximum Gasteiger partial charge on any atom is 0.410 e. The minimum absolute atomic E-state index is 0.0414. The molecule has 4 nitrogen and oxygen atoms in total. The molecule has 1 aromatic carbocycles. The lowest BCUT2D eigenvalue weighted by molar-refractivity contribution is -0.124. The van der Waals surface area contributed by atoms with Gasteiger partial charge in [-0.3, -0.25) is 4.79 Å². The molecule has 20 heavy (non-hydrogen) atoms. The number of ether oxygens (including phenoxy) is 1. The van der Waals surface area contributed by atoms with Crippen LogP contribution in [0, 0.1) is 5.92 Å². The number of hydrogen-bond acceptors (Lipinski definition) is 3. The Bertz CT molecular complexity index is 458. The van der Waals surface area contributed by atoms with E-state index in [-0.39, 0.29) is 24.9 Å². The van der Waals surface area contributed by atoms with Crippen molar-refractivity contribution in [3.05, 3.63) is 35.9 Å². The number of nitrogens with zero attached hydrogens (tertiary/aromatic N) is 1. The second-order valence-electron chi connectivity index (χ2n) is 5.32. The van der Waals surface area contributed by atoms with E-state index in [9.17, 15) is 9.59 Å². The van der Waals surface area contributed by atoms with Gasteiger partial charge in [-0.25, -0.2) is 4.79 Å². The number of hydrogen-bond donors (Lipinski definition) is 0. The van der Waals surface area contributed by atoms with Crippen molar-refractivity contribution < 1.29 is 14.3 Å². The second kappa shape index (κ2) is 7.08. The lowest BCUT2D eigenvalue weighted by Gasteiger charge is -2.25. The molecular weight excluding hydrogens is 254 g/mol. The Labute approximate surface area is 119 Å². The quantitative estimate of drug-likeness (QED) is 0.833. The Morgan fingerprint density at radius 2 is 2.05 bits per heavy atom. The van der Waals surface area contributed by atoms with E-state index >= 15 is 0 Å². The topological polar surface area (TPSA) is 46.6 Å². The molecule has 1 aliphatic rings. The van der Waals surface area contributed by atoms with Crippen molar-refractivity contribution in [3.8, 4) is 0 Å². The largest absolute Gasteiger partial charge is 0.445 e. The second-order valence-corrected chi connectivity index (χ2v) is 5.32. The predicted octanol–water partition coefficient (Wildman–Crippen LogP) is 3.01. The van der Waals surface area contributed by atoms with Gasteiger partial charge in [0.05, 0.1) is 6.54 Å². The summed E-state index contributed by atoms with van der Waals surface area (Å²) in [5, 5.41) is 0. The maximum atomic E-state index is 12.0. The number of Topliss-reactive ketones (excluding diaryl/α,β-unsaturated/α-hetero) is 1. The zero-order valence-electron chi connectivity index (χ0n) is 11.9. The molecule has 0 saturated carbocycles. The lowest BCUT2D eigenvalue weighted by Crippen LogP contribution is -2.39. The zero-order chi connectivity index (χ0) is 14.4. The zero-order valence-corrected chi connectivity index (χ0v) is 11.9. The van der Waals surface area contributed by atoms with Gasteiger partial charge in [-0.15, -0.1) is 0 Å². The van der Waals surface area contributed by atoms with E-state index in [2.05, 4.69) is 0 Å². The van der Waals surface area contributed by atoms with Crippen LogP contribution < -0.4 is 0 Å². The van der Waals surface area contributed by atoms with Crippen molar-refractivity contribution in [2.45, 2.75) is 32.8 Å². The van der Waals surface area contributed by atoms with Crippen LogP contribution in [0.15, 0.2) is 30.3 Å². The van der Waals surface area contributed by atoms with Gasteiger partial charge in [-0.2, -0.15) is 0 Å². The molecule has 0 bridgehead atoms. The van der Waals surface area contributed by atoms with E-state index in [0.717, 1.165) is 24.8 Å². The molecule has 1 saturated heterocycles. The van der Waals surface area contributed by atoms with Crippen LogP contribution in [0.4, 0.5) is 4.79 Å². The first-order chi connectivity index (χ1) is 9.66. The fourth-order valence-electron chi connectivity index (χ4n) is 2.30. The molecule has 108 valence electrons. The van der Waals surface area contributed by atoms with Gasteiger partial charge in [-0.1, -0.05) is 43.7 Å². The molecule has 0 spiro atoms. The van der Waals surface area contributed by atoms with Crippen LogP contribution in [0.5, 0.6) is 0 Å². The number of benzene rings is 1. The highest BCUT2D eigenvalue weighted by Crippen LogP contribution is 2.15. The average molecular weight is 275 g/mol. The van der Waals surface area contributed by atoms with Gasteiger partial charge in [0.15, 0.2) is 5.78 Å². The monoisotopic (exact) mass is 275 g/mol. The molecule has 0 aliphatic carbocycles. The fraction of sp³-hybridized carbons (Fsp3) is 0.500. The normalized spacial score (nSPS) is 20.1. The summed E-state index contributed by atoms with van der Waals surface area (Å²) in [6, 6.07) is 9.56. The van der Waals surface area contributed by atoms with E-state index in [1.807, 2.05) is 37.3 Å². The van der Waals surface area contributed by atoms with Gasteiger partial charge in [-0.05, 0) is 18.4 Å². The van der Waals surface area contributed by atoms with E-state index in [1.165, 1.54) is 4.90 Å². The van der Waals surface area contributed by atoms with E-state index in [0.29, 0.717) is 6.54 Å². The van der Waals surface area contributed by atoms with Crippen LogP contribution in [0.1, 0.15) is 31.7 Å². The molecular formula is C16H21NO3. The molecule has 2 rings (SSSR count). The van der Waals surface area contributed by atoms with E-state index < -0.39 is 6.09 Å². The van der Waals surface area contributed by atoms with Gasteiger partial charge in [0, 0.05) is 12.5 Å². The Kier molecular flexibility index (Phi) is 5.16. The molecule has 1 heterocycles. The minimum Gasteiger partial charge on any atom is -0.445 e. The predicted molar refractivity (Wildman–Crippen MR) is 76.2 cm³/mol. The van der Waals surface area contributed by atoms with Crippen molar-refractivity contribution >= 4 is 11.9 Å². The molecule has 1 unspecified atom stereocenters. The minimum atomic E-state index is -0.392. The van der Waals surface area contributed by atoms with Crippen LogP contribution in [0.3, 0.4) is 0 Å². The molecule has 1 amide bonds. The van der Waals surface area contributed by atoms with Crippen LogP contribution >= 0.6 is 0 Å². The summed E-state index contributed by atoms with van der Waals surface area (Å²) in [7, 11) is 0. The summed E-state index contributed by atoms with van der Waals surface area (Å²) < 4.78 is 5.28. The Morgan fingerprint density at radius 3 is 2.80 bits per heavy atom. The van der Waals surface area contributed by atoms with Gasteiger partial charge >= 0.3 is 6.09 Å². The lowest BCUT2D eigenvalue weighted by atomic mass is 9.97. The van der Waals surface area contributed by atoms with Gasteiger partial charge in [0.1, 0.15) is 6.61 Å². The highest BCUT2D eigenvalue weighted by Gasteiger charge is 2.23. The van der Waals surface area contributed by atoms with E-state index in [4.69, 9.17) is 4.74 Å². The van der Waals surface area contributed by atoms with Crippen molar-refractivity contribution in [2.24, 2.45) is 5.92 Å². The highest BCUT2D eigenvalue weighted by molar-refractivity contribution is 5.85. The molecule has 1 aromatic rings. The van der Waals surface area contributed by atoms with Crippen LogP contribution in [0.2, 0.25) is 0 Å². The first kappa shape index (κ1) is 14.6. The maximum absolute atomic E-state index is 12.0. The Morgan fingerprint density at radius 1 is 1.30 bits per heavy atom. The first-order valence-corrected chi connectivity index (χ1v) is 7.15.